The van der Waals surface area contributed by atoms with Gasteiger partial charge >= 0.3 is 12.1 Å². The number of fused-ring (bicyclic) bond motifs is 1. The lowest BCUT2D eigenvalue weighted by Crippen LogP contribution is -2.40. The number of amides is 2. The molecule has 3 heterocycles. The molecule has 4 unspecified atom stereocenters. The van der Waals surface area contributed by atoms with Crippen LogP contribution in [0, 0.1) is 17.8 Å². The normalized spacial score (nSPS) is 29.3. The van der Waals surface area contributed by atoms with Crippen molar-refractivity contribution in [1.29, 1.82) is 0 Å². The minimum absolute atomic E-state index is 0.146. The number of ether oxygens (including phenoxy) is 2. The van der Waals surface area contributed by atoms with Gasteiger partial charge in [0.25, 0.3) is 0 Å². The smallest absolute Gasteiger partial charge is 0.381 e. The van der Waals surface area contributed by atoms with Crippen LogP contribution in [-0.4, -0.2) is 73.2 Å². The zero-order chi connectivity index (χ0) is 24.4. The number of esters is 1. The van der Waals surface area contributed by atoms with E-state index in [1.54, 1.807) is 0 Å². The highest BCUT2D eigenvalue weighted by Gasteiger charge is 2.45. The van der Waals surface area contributed by atoms with Gasteiger partial charge in [0, 0.05) is 38.8 Å². The summed E-state index contributed by atoms with van der Waals surface area (Å²) in [6.07, 6.45) is 5.53. The standard InChI is InChI=1S/C27H37N3O5/c28-27(33)35-26(32)24-2-1-12-29(24)13-9-18-3-5-19(6-4-18)22-8-7-21-16-30(17-23(21)22)25(31)20-10-14-34-15-11-20/h3-6,20-24H,1-2,7-17H2,(H2,28,33). The molecule has 0 aromatic heterocycles. The number of benzene rings is 1. The zero-order valence-corrected chi connectivity index (χ0v) is 20.4. The van der Waals surface area contributed by atoms with Gasteiger partial charge < -0.3 is 20.1 Å². The van der Waals surface area contributed by atoms with Gasteiger partial charge in [-0.2, -0.15) is 0 Å². The van der Waals surface area contributed by atoms with Gasteiger partial charge in [-0.1, -0.05) is 24.3 Å². The fraction of sp³-hybridized carbons (Fsp3) is 0.667. The topological polar surface area (TPSA) is 102 Å². The minimum atomic E-state index is -1.04. The van der Waals surface area contributed by atoms with Crippen molar-refractivity contribution in [3.05, 3.63) is 35.4 Å². The van der Waals surface area contributed by atoms with Crippen LogP contribution in [0.2, 0.25) is 0 Å². The summed E-state index contributed by atoms with van der Waals surface area (Å²) in [5, 5.41) is 0. The number of hydrogen-bond acceptors (Lipinski definition) is 6. The highest BCUT2D eigenvalue weighted by molar-refractivity contribution is 5.87. The molecule has 8 heteroatoms. The monoisotopic (exact) mass is 483 g/mol. The molecule has 4 fully saturated rings. The Morgan fingerprint density at radius 3 is 2.51 bits per heavy atom. The van der Waals surface area contributed by atoms with E-state index in [2.05, 4.69) is 38.8 Å². The van der Waals surface area contributed by atoms with Crippen molar-refractivity contribution in [1.82, 2.24) is 9.80 Å². The van der Waals surface area contributed by atoms with Crippen molar-refractivity contribution in [2.45, 2.75) is 56.9 Å². The number of nitrogens with two attached hydrogens (primary N) is 1. The predicted octanol–water partition coefficient (Wildman–Crippen LogP) is 2.69. The van der Waals surface area contributed by atoms with Crippen molar-refractivity contribution in [2.24, 2.45) is 23.5 Å². The van der Waals surface area contributed by atoms with E-state index in [1.165, 1.54) is 24.0 Å². The average molecular weight is 484 g/mol. The number of carbonyl (C=O) groups excluding carboxylic acids is 3. The van der Waals surface area contributed by atoms with Crippen LogP contribution in [0.25, 0.3) is 0 Å². The van der Waals surface area contributed by atoms with E-state index in [4.69, 9.17) is 10.5 Å². The number of nitrogens with zero attached hydrogens (tertiary/aromatic N) is 2. The molecule has 1 aliphatic carbocycles. The fourth-order valence-electron chi connectivity index (χ4n) is 6.79. The van der Waals surface area contributed by atoms with Crippen molar-refractivity contribution < 1.29 is 23.9 Å². The summed E-state index contributed by atoms with van der Waals surface area (Å²) in [5.41, 5.74) is 7.62. The number of rotatable bonds is 6. The molecule has 4 atom stereocenters. The van der Waals surface area contributed by atoms with Crippen LogP contribution in [0.5, 0.6) is 0 Å². The first kappa shape index (κ1) is 24.3. The number of hydrogen-bond donors (Lipinski definition) is 1. The van der Waals surface area contributed by atoms with Gasteiger partial charge in [0.1, 0.15) is 6.04 Å². The molecule has 1 aromatic carbocycles. The second-order valence-corrected chi connectivity index (χ2v) is 10.7. The molecule has 4 aliphatic rings. The summed E-state index contributed by atoms with van der Waals surface area (Å²) < 4.78 is 10.0. The first-order valence-corrected chi connectivity index (χ1v) is 13.2. The summed E-state index contributed by atoms with van der Waals surface area (Å²) in [6, 6.07) is 8.54. The second kappa shape index (κ2) is 10.7. The summed E-state index contributed by atoms with van der Waals surface area (Å²) in [5.74, 6) is 1.65. The van der Waals surface area contributed by atoms with Gasteiger partial charge in [-0.25, -0.2) is 9.59 Å². The molecular weight excluding hydrogens is 446 g/mol. The summed E-state index contributed by atoms with van der Waals surface area (Å²) in [6.45, 7) is 4.81. The molecule has 3 aliphatic heterocycles. The first-order valence-electron chi connectivity index (χ1n) is 13.2. The van der Waals surface area contributed by atoms with Crippen molar-refractivity contribution in [3.63, 3.8) is 0 Å². The molecule has 1 aromatic rings. The maximum atomic E-state index is 13.0. The molecule has 2 N–H and O–H groups in total. The third-order valence-electron chi connectivity index (χ3n) is 8.67. The second-order valence-electron chi connectivity index (χ2n) is 10.7. The minimum Gasteiger partial charge on any atom is -0.381 e. The molecule has 2 amide bonds. The summed E-state index contributed by atoms with van der Waals surface area (Å²) >= 11 is 0. The van der Waals surface area contributed by atoms with Crippen molar-refractivity contribution in [2.75, 3.05) is 39.4 Å². The Hall–Kier alpha value is -2.45. The quantitative estimate of drug-likeness (QED) is 0.493. The molecule has 1 saturated carbocycles. The zero-order valence-electron chi connectivity index (χ0n) is 20.4. The van der Waals surface area contributed by atoms with Crippen LogP contribution in [-0.2, 0) is 25.5 Å². The highest BCUT2D eigenvalue weighted by atomic mass is 16.6. The maximum absolute atomic E-state index is 13.0. The molecule has 190 valence electrons. The van der Waals surface area contributed by atoms with Crippen LogP contribution in [0.4, 0.5) is 4.79 Å². The van der Waals surface area contributed by atoms with E-state index in [-0.39, 0.29) is 12.0 Å². The summed E-state index contributed by atoms with van der Waals surface area (Å²) in [7, 11) is 0. The molecule has 0 radical (unpaired) electrons. The average Bonchev–Trinajstić information content (AvgIpc) is 3.59. The fourth-order valence-corrected chi connectivity index (χ4v) is 6.79. The van der Waals surface area contributed by atoms with Gasteiger partial charge in [-0.15, -0.1) is 0 Å². The molecule has 3 saturated heterocycles. The Labute approximate surface area is 207 Å². The Morgan fingerprint density at radius 2 is 1.77 bits per heavy atom. The Kier molecular flexibility index (Phi) is 7.39. The van der Waals surface area contributed by atoms with Gasteiger partial charge in [-0.05, 0) is 80.4 Å². The predicted molar refractivity (Wildman–Crippen MR) is 129 cm³/mol. The lowest BCUT2D eigenvalue weighted by atomic mass is 9.86. The molecule has 0 bridgehead atoms. The molecule has 35 heavy (non-hydrogen) atoms. The van der Waals surface area contributed by atoms with Crippen LogP contribution in [0.3, 0.4) is 0 Å². The molecule has 8 nitrogen and oxygen atoms in total. The lowest BCUT2D eigenvalue weighted by Gasteiger charge is -2.27. The van der Waals surface area contributed by atoms with E-state index in [9.17, 15) is 14.4 Å². The van der Waals surface area contributed by atoms with Crippen LogP contribution >= 0.6 is 0 Å². The van der Waals surface area contributed by atoms with E-state index in [0.29, 0.717) is 43.3 Å². The number of likely N-dealkylation sites (tertiary alicyclic amines) is 2. The van der Waals surface area contributed by atoms with Gasteiger partial charge in [0.15, 0.2) is 0 Å². The Bertz CT molecular complexity index is 929. The van der Waals surface area contributed by atoms with Crippen molar-refractivity contribution >= 4 is 18.0 Å². The van der Waals surface area contributed by atoms with Gasteiger partial charge in [-0.3, -0.25) is 9.69 Å². The highest BCUT2D eigenvalue weighted by Crippen LogP contribution is 2.48. The van der Waals surface area contributed by atoms with Crippen molar-refractivity contribution in [3.8, 4) is 0 Å². The van der Waals surface area contributed by atoms with E-state index in [0.717, 1.165) is 51.9 Å². The lowest BCUT2D eigenvalue weighted by molar-refractivity contribution is -0.142. The largest absolute Gasteiger partial charge is 0.412 e. The van der Waals surface area contributed by atoms with Crippen LogP contribution in [0.15, 0.2) is 24.3 Å². The Morgan fingerprint density at radius 1 is 1.00 bits per heavy atom. The Balaban J connectivity index is 1.15. The van der Waals surface area contributed by atoms with Crippen LogP contribution < -0.4 is 5.73 Å². The van der Waals surface area contributed by atoms with Crippen LogP contribution in [0.1, 0.15) is 55.6 Å². The summed E-state index contributed by atoms with van der Waals surface area (Å²) in [4.78, 5) is 40.3. The van der Waals surface area contributed by atoms with E-state index in [1.807, 2.05) is 0 Å². The molecule has 0 spiro atoms. The SMILES string of the molecule is NC(=O)OC(=O)C1CCCN1CCc1ccc(C2CCC3CN(C(=O)C4CCOCC4)CC32)cc1. The third kappa shape index (κ3) is 5.38. The molecular formula is C27H37N3O5. The van der Waals surface area contributed by atoms with E-state index >= 15 is 0 Å². The first-order chi connectivity index (χ1) is 17.0. The number of primary amides is 1. The van der Waals surface area contributed by atoms with E-state index < -0.39 is 12.1 Å². The third-order valence-corrected chi connectivity index (χ3v) is 8.67. The number of carbonyl (C=O) groups is 3. The molecule has 5 rings (SSSR count). The van der Waals surface area contributed by atoms with Gasteiger partial charge in [0.2, 0.25) is 5.91 Å². The maximum Gasteiger partial charge on any atom is 0.412 e. The van der Waals surface area contributed by atoms with Gasteiger partial charge in [0.05, 0.1) is 0 Å².